The van der Waals surface area contributed by atoms with Crippen LogP contribution in [-0.2, 0) is 0 Å². The zero-order valence-electron chi connectivity index (χ0n) is 10.7. The van der Waals surface area contributed by atoms with Crippen molar-refractivity contribution in [3.8, 4) is 17.1 Å². The van der Waals surface area contributed by atoms with Crippen LogP contribution in [0.4, 0.5) is 8.78 Å². The number of alkyl halides is 2. The summed E-state index contributed by atoms with van der Waals surface area (Å²) in [5.74, 6) is 7.03. The summed E-state index contributed by atoms with van der Waals surface area (Å²) in [5, 5.41) is 8.49. The van der Waals surface area contributed by atoms with Crippen molar-refractivity contribution in [3.63, 3.8) is 0 Å². The smallest absolute Gasteiger partial charge is 0.387 e. The van der Waals surface area contributed by atoms with Crippen molar-refractivity contribution in [3.05, 3.63) is 35.3 Å². The monoisotopic (exact) mass is 376 g/mol. The number of thioether (sulfide) groups is 1. The molecular formula is C12H11BrF2N4OS. The first kappa shape index (κ1) is 15.8. The summed E-state index contributed by atoms with van der Waals surface area (Å²) in [5.41, 5.74) is 0.649. The molecule has 0 radical (unpaired) electrons. The van der Waals surface area contributed by atoms with E-state index in [1.807, 2.05) is 0 Å². The summed E-state index contributed by atoms with van der Waals surface area (Å²) < 4.78 is 30.6. The maximum Gasteiger partial charge on any atom is 0.387 e. The van der Waals surface area contributed by atoms with Crippen LogP contribution in [-0.4, -0.2) is 27.2 Å². The van der Waals surface area contributed by atoms with Gasteiger partial charge in [0.25, 0.3) is 0 Å². The number of ether oxygens (including phenoxy) is 1. The fourth-order valence-corrected chi connectivity index (χ4v) is 2.45. The lowest BCUT2D eigenvalue weighted by Crippen LogP contribution is -2.11. The Balaban J connectivity index is 2.16. The third-order valence-electron chi connectivity index (χ3n) is 2.36. The van der Waals surface area contributed by atoms with E-state index in [1.54, 1.807) is 12.1 Å². The zero-order chi connectivity index (χ0) is 15.4. The lowest BCUT2D eigenvalue weighted by molar-refractivity contribution is -0.0498. The van der Waals surface area contributed by atoms with E-state index < -0.39 is 6.61 Å². The molecule has 0 spiro atoms. The summed E-state index contributed by atoms with van der Waals surface area (Å²) in [6.07, 6.45) is 0. The van der Waals surface area contributed by atoms with Gasteiger partial charge in [-0.05, 0) is 28.7 Å². The summed E-state index contributed by atoms with van der Waals surface area (Å²) >= 11 is 4.62. The molecule has 0 saturated carbocycles. The molecule has 1 aromatic heterocycles. The average Bonchev–Trinajstić information content (AvgIpc) is 2.78. The molecule has 2 rings (SSSR count). The number of aromatic nitrogens is 3. The Morgan fingerprint density at radius 3 is 2.62 bits per heavy atom. The van der Waals surface area contributed by atoms with Crippen LogP contribution in [0.25, 0.3) is 11.4 Å². The predicted octanol–water partition coefficient (Wildman–Crippen LogP) is 3.26. The van der Waals surface area contributed by atoms with Crippen molar-refractivity contribution in [2.75, 3.05) is 11.6 Å². The lowest BCUT2D eigenvalue weighted by atomic mass is 10.2. The van der Waals surface area contributed by atoms with E-state index in [0.717, 1.165) is 4.48 Å². The van der Waals surface area contributed by atoms with E-state index in [9.17, 15) is 8.78 Å². The maximum atomic E-state index is 12.1. The SMILES string of the molecule is C=C(Br)CSc1nnc(-c2ccc(OC(F)F)cc2)n1N. The van der Waals surface area contributed by atoms with E-state index in [4.69, 9.17) is 5.84 Å². The molecule has 0 fully saturated rings. The van der Waals surface area contributed by atoms with Crippen molar-refractivity contribution in [1.82, 2.24) is 14.9 Å². The van der Waals surface area contributed by atoms with Crippen molar-refractivity contribution >= 4 is 27.7 Å². The number of nitrogen functional groups attached to an aromatic ring is 1. The number of hydrogen-bond acceptors (Lipinski definition) is 5. The molecule has 0 unspecified atom stereocenters. The molecule has 0 saturated heterocycles. The molecule has 0 aliphatic rings. The second-order valence-corrected chi connectivity index (χ2v) is 5.95. The van der Waals surface area contributed by atoms with Crippen LogP contribution in [0.5, 0.6) is 5.75 Å². The van der Waals surface area contributed by atoms with E-state index >= 15 is 0 Å². The molecule has 21 heavy (non-hydrogen) atoms. The fraction of sp³-hybridized carbons (Fsp3) is 0.167. The molecule has 1 aromatic carbocycles. The van der Waals surface area contributed by atoms with Crippen LogP contribution in [0.15, 0.2) is 40.5 Å². The largest absolute Gasteiger partial charge is 0.435 e. The number of nitrogens with zero attached hydrogens (tertiary/aromatic N) is 3. The average molecular weight is 377 g/mol. The Morgan fingerprint density at radius 2 is 2.05 bits per heavy atom. The summed E-state index contributed by atoms with van der Waals surface area (Å²) in [6.45, 7) is 0.868. The normalized spacial score (nSPS) is 10.9. The van der Waals surface area contributed by atoms with Gasteiger partial charge in [-0.3, -0.25) is 0 Å². The van der Waals surface area contributed by atoms with Crippen molar-refractivity contribution in [2.45, 2.75) is 11.8 Å². The molecule has 2 N–H and O–H groups in total. The first-order valence-electron chi connectivity index (χ1n) is 5.69. The topological polar surface area (TPSA) is 66.0 Å². The quantitative estimate of drug-likeness (QED) is 0.619. The summed E-state index contributed by atoms with van der Waals surface area (Å²) in [7, 11) is 0. The highest BCUT2D eigenvalue weighted by Gasteiger charge is 2.13. The molecule has 0 atom stereocenters. The maximum absolute atomic E-state index is 12.1. The highest BCUT2D eigenvalue weighted by molar-refractivity contribution is 9.11. The molecule has 1 heterocycles. The molecule has 0 aliphatic heterocycles. The van der Waals surface area contributed by atoms with E-state index in [0.29, 0.717) is 22.3 Å². The number of hydrogen-bond donors (Lipinski definition) is 1. The highest BCUT2D eigenvalue weighted by Crippen LogP contribution is 2.25. The van der Waals surface area contributed by atoms with Crippen molar-refractivity contribution < 1.29 is 13.5 Å². The Kier molecular flexibility index (Phi) is 5.18. The van der Waals surface area contributed by atoms with Gasteiger partial charge in [0.15, 0.2) is 5.82 Å². The molecule has 0 bridgehead atoms. The Morgan fingerprint density at radius 1 is 1.38 bits per heavy atom. The number of rotatable bonds is 6. The first-order chi connectivity index (χ1) is 9.97. The van der Waals surface area contributed by atoms with Gasteiger partial charge in [-0.2, -0.15) is 8.78 Å². The van der Waals surface area contributed by atoms with E-state index in [2.05, 4.69) is 37.4 Å². The molecule has 0 aliphatic carbocycles. The van der Waals surface area contributed by atoms with Gasteiger partial charge in [-0.15, -0.1) is 10.2 Å². The van der Waals surface area contributed by atoms with Crippen LogP contribution in [0, 0.1) is 0 Å². The highest BCUT2D eigenvalue weighted by atomic mass is 79.9. The molecule has 9 heteroatoms. The van der Waals surface area contributed by atoms with Gasteiger partial charge >= 0.3 is 6.61 Å². The summed E-state index contributed by atoms with van der Waals surface area (Å²) in [6, 6.07) is 6.01. The minimum absolute atomic E-state index is 0.0713. The van der Waals surface area contributed by atoms with Gasteiger partial charge < -0.3 is 10.6 Å². The molecule has 2 aromatic rings. The third-order valence-corrected chi connectivity index (χ3v) is 4.04. The molecule has 5 nitrogen and oxygen atoms in total. The van der Waals surface area contributed by atoms with Gasteiger partial charge in [0.05, 0.1) is 0 Å². The minimum atomic E-state index is -2.85. The van der Waals surface area contributed by atoms with Crippen molar-refractivity contribution in [1.29, 1.82) is 0 Å². The van der Waals surface area contributed by atoms with Crippen molar-refractivity contribution in [2.24, 2.45) is 0 Å². The van der Waals surface area contributed by atoms with Crippen LogP contribution in [0.1, 0.15) is 0 Å². The first-order valence-corrected chi connectivity index (χ1v) is 7.47. The number of halogens is 3. The Bertz CT molecular complexity index is 633. The van der Waals surface area contributed by atoms with Crippen LogP contribution < -0.4 is 10.6 Å². The Labute approximate surface area is 132 Å². The van der Waals surface area contributed by atoms with Gasteiger partial charge in [-0.25, -0.2) is 4.68 Å². The van der Waals surface area contributed by atoms with Gasteiger partial charge in [0.1, 0.15) is 5.75 Å². The predicted molar refractivity (Wildman–Crippen MR) is 81.0 cm³/mol. The minimum Gasteiger partial charge on any atom is -0.435 e. The molecular weight excluding hydrogens is 366 g/mol. The third kappa shape index (κ3) is 4.18. The van der Waals surface area contributed by atoms with E-state index in [1.165, 1.54) is 28.6 Å². The second-order valence-electron chi connectivity index (χ2n) is 3.89. The van der Waals surface area contributed by atoms with E-state index in [-0.39, 0.29) is 5.75 Å². The van der Waals surface area contributed by atoms with Crippen LogP contribution in [0.2, 0.25) is 0 Å². The van der Waals surface area contributed by atoms with Gasteiger partial charge in [0.2, 0.25) is 5.16 Å². The van der Waals surface area contributed by atoms with Crippen LogP contribution >= 0.6 is 27.7 Å². The van der Waals surface area contributed by atoms with Gasteiger partial charge in [-0.1, -0.05) is 34.3 Å². The Hall–Kier alpha value is -1.61. The number of nitrogens with two attached hydrogens (primary N) is 1. The summed E-state index contributed by atoms with van der Waals surface area (Å²) in [4.78, 5) is 0. The molecule has 0 amide bonds. The fourth-order valence-electron chi connectivity index (χ4n) is 1.50. The second kappa shape index (κ2) is 6.90. The standard InChI is InChI=1S/C12H11BrF2N4OS/c1-7(13)6-21-12-18-17-10(19(12)16)8-2-4-9(5-3-8)20-11(14)15/h2-5,11H,1,6,16H2. The lowest BCUT2D eigenvalue weighted by Gasteiger charge is -2.06. The number of benzene rings is 1. The molecule has 112 valence electrons. The van der Waals surface area contributed by atoms with Crippen LogP contribution in [0.3, 0.4) is 0 Å². The zero-order valence-corrected chi connectivity index (χ0v) is 13.1. The van der Waals surface area contributed by atoms with Gasteiger partial charge in [0, 0.05) is 11.3 Å².